The first-order valence-corrected chi connectivity index (χ1v) is 8.31. The Morgan fingerprint density at radius 1 is 1.29 bits per heavy atom. The van der Waals surface area contributed by atoms with Crippen molar-refractivity contribution in [1.29, 1.82) is 0 Å². The van der Waals surface area contributed by atoms with E-state index in [9.17, 15) is 9.59 Å². The first-order valence-electron chi connectivity index (χ1n) is 7.33. The largest absolute Gasteiger partial charge is 0.462 e. The van der Waals surface area contributed by atoms with Crippen LogP contribution in [0.25, 0.3) is 0 Å². The monoisotopic (exact) mass is 346 g/mol. The first-order chi connectivity index (χ1) is 11.6. The average molecular weight is 346 g/mol. The Bertz CT molecular complexity index is 710. The zero-order chi connectivity index (χ0) is 17.4. The van der Waals surface area contributed by atoms with Gasteiger partial charge in [0.05, 0.1) is 12.4 Å². The Morgan fingerprint density at radius 3 is 2.71 bits per heavy atom. The number of amides is 1. The van der Waals surface area contributed by atoms with E-state index in [0.29, 0.717) is 11.7 Å². The number of nitrogen functional groups attached to an aromatic ring is 1. The topological polar surface area (TPSA) is 107 Å². The minimum absolute atomic E-state index is 0.0376. The summed E-state index contributed by atoms with van der Waals surface area (Å²) < 4.78 is 4.85. The lowest BCUT2D eigenvalue weighted by Gasteiger charge is -2.07. The highest BCUT2D eigenvalue weighted by atomic mass is 32.2. The predicted octanol–water partition coefficient (Wildman–Crippen LogP) is 1.64. The zero-order valence-electron chi connectivity index (χ0n) is 13.2. The number of carbonyl (C=O) groups excluding carboxylic acids is 2. The Morgan fingerprint density at radius 2 is 2.04 bits per heavy atom. The molecule has 0 aliphatic carbocycles. The number of aromatic nitrogens is 2. The summed E-state index contributed by atoms with van der Waals surface area (Å²) in [7, 11) is 0. The minimum Gasteiger partial charge on any atom is -0.462 e. The van der Waals surface area contributed by atoms with Crippen LogP contribution in [-0.4, -0.2) is 34.2 Å². The number of nitrogens with zero attached hydrogens (tertiary/aromatic N) is 2. The van der Waals surface area contributed by atoms with Gasteiger partial charge in [-0.15, -0.1) is 0 Å². The molecule has 24 heavy (non-hydrogen) atoms. The van der Waals surface area contributed by atoms with E-state index in [4.69, 9.17) is 10.5 Å². The van der Waals surface area contributed by atoms with Gasteiger partial charge in [-0.25, -0.2) is 14.8 Å². The van der Waals surface area contributed by atoms with Crippen LogP contribution in [0.5, 0.6) is 0 Å². The summed E-state index contributed by atoms with van der Waals surface area (Å²) in [4.78, 5) is 31.5. The summed E-state index contributed by atoms with van der Waals surface area (Å²) in [6, 6.07) is 9.62. The van der Waals surface area contributed by atoms with Gasteiger partial charge in [0.15, 0.2) is 5.16 Å². The molecule has 0 unspecified atom stereocenters. The highest BCUT2D eigenvalue weighted by molar-refractivity contribution is 7.99. The van der Waals surface area contributed by atoms with Gasteiger partial charge in [-0.1, -0.05) is 42.1 Å². The molecule has 1 amide bonds. The maximum atomic E-state index is 11.8. The molecule has 0 fully saturated rings. The molecule has 8 heteroatoms. The van der Waals surface area contributed by atoms with Crippen LogP contribution < -0.4 is 11.1 Å². The summed E-state index contributed by atoms with van der Waals surface area (Å²) in [5, 5.41) is 3.14. The van der Waals surface area contributed by atoms with E-state index in [2.05, 4.69) is 15.3 Å². The van der Waals surface area contributed by atoms with Gasteiger partial charge >= 0.3 is 5.97 Å². The van der Waals surface area contributed by atoms with Gasteiger partial charge in [-0.2, -0.15) is 0 Å². The number of benzene rings is 1. The fourth-order valence-electron chi connectivity index (χ4n) is 1.79. The van der Waals surface area contributed by atoms with Crippen molar-refractivity contribution in [3.63, 3.8) is 0 Å². The molecule has 126 valence electrons. The van der Waals surface area contributed by atoms with E-state index in [1.807, 2.05) is 30.3 Å². The molecule has 0 radical (unpaired) electrons. The number of ether oxygens (including phenoxy) is 1. The van der Waals surface area contributed by atoms with Crippen LogP contribution in [0, 0.1) is 0 Å². The highest BCUT2D eigenvalue weighted by Crippen LogP contribution is 2.16. The van der Waals surface area contributed by atoms with Crippen LogP contribution in [-0.2, 0) is 16.1 Å². The van der Waals surface area contributed by atoms with Crippen molar-refractivity contribution in [1.82, 2.24) is 15.3 Å². The molecule has 0 saturated heterocycles. The fourth-order valence-corrected chi connectivity index (χ4v) is 2.44. The van der Waals surface area contributed by atoms with Gasteiger partial charge in [0.2, 0.25) is 5.91 Å². The van der Waals surface area contributed by atoms with Crippen molar-refractivity contribution in [3.8, 4) is 0 Å². The van der Waals surface area contributed by atoms with Crippen LogP contribution in [0.15, 0.2) is 41.7 Å². The molecule has 2 aromatic rings. The molecular weight excluding hydrogens is 328 g/mol. The quantitative estimate of drug-likeness (QED) is 0.446. The van der Waals surface area contributed by atoms with Gasteiger partial charge in [-0.05, 0) is 12.5 Å². The van der Waals surface area contributed by atoms with Crippen LogP contribution in [0.4, 0.5) is 5.82 Å². The molecule has 0 bridgehead atoms. The number of nitrogens with two attached hydrogens (primary N) is 1. The van der Waals surface area contributed by atoms with Crippen LogP contribution in [0.2, 0.25) is 0 Å². The van der Waals surface area contributed by atoms with Crippen molar-refractivity contribution in [2.45, 2.75) is 18.6 Å². The molecule has 0 spiro atoms. The molecule has 0 saturated carbocycles. The number of thioether (sulfide) groups is 1. The van der Waals surface area contributed by atoms with Crippen LogP contribution in [0.1, 0.15) is 22.8 Å². The lowest BCUT2D eigenvalue weighted by molar-refractivity contribution is -0.118. The van der Waals surface area contributed by atoms with Gasteiger partial charge in [0.25, 0.3) is 0 Å². The SMILES string of the molecule is CCOC(=O)c1cnc(SCC(=O)NCc2ccccc2)nc1N. The number of hydrogen-bond donors (Lipinski definition) is 2. The average Bonchev–Trinajstić information content (AvgIpc) is 2.59. The van der Waals surface area contributed by atoms with Crippen LogP contribution in [0.3, 0.4) is 0 Å². The summed E-state index contributed by atoms with van der Waals surface area (Å²) in [5.41, 5.74) is 6.87. The molecule has 0 atom stereocenters. The molecule has 7 nitrogen and oxygen atoms in total. The van der Waals surface area contributed by atoms with E-state index < -0.39 is 5.97 Å². The normalized spacial score (nSPS) is 10.2. The van der Waals surface area contributed by atoms with Crippen molar-refractivity contribution in [3.05, 3.63) is 47.7 Å². The molecule has 0 aliphatic heterocycles. The van der Waals surface area contributed by atoms with Crippen molar-refractivity contribution in [2.75, 3.05) is 18.1 Å². The summed E-state index contributed by atoms with van der Waals surface area (Å²) in [6.45, 7) is 2.41. The number of carbonyl (C=O) groups is 2. The Kier molecular flexibility index (Phi) is 6.56. The second kappa shape index (κ2) is 8.88. The third-order valence-corrected chi connectivity index (χ3v) is 3.82. The maximum absolute atomic E-state index is 11.8. The van der Waals surface area contributed by atoms with E-state index >= 15 is 0 Å². The zero-order valence-corrected chi connectivity index (χ0v) is 14.0. The number of hydrogen-bond acceptors (Lipinski definition) is 7. The minimum atomic E-state index is -0.563. The Hall–Kier alpha value is -2.61. The standard InChI is InChI=1S/C16H18N4O3S/c1-2-23-15(22)12-9-19-16(20-14(12)17)24-10-13(21)18-8-11-6-4-3-5-7-11/h3-7,9H,2,8,10H2,1H3,(H,18,21)(H2,17,19,20). The first kappa shape index (κ1) is 17.7. The predicted molar refractivity (Wildman–Crippen MR) is 91.4 cm³/mol. The van der Waals surface area contributed by atoms with E-state index in [-0.39, 0.29) is 29.6 Å². The molecule has 2 rings (SSSR count). The number of anilines is 1. The number of esters is 1. The molecule has 1 aromatic carbocycles. The van der Waals surface area contributed by atoms with Crippen molar-refractivity contribution >= 4 is 29.5 Å². The van der Waals surface area contributed by atoms with Crippen LogP contribution >= 0.6 is 11.8 Å². The Labute approximate surface area is 144 Å². The van der Waals surface area contributed by atoms with E-state index in [0.717, 1.165) is 17.3 Å². The number of nitrogens with one attached hydrogen (secondary N) is 1. The van der Waals surface area contributed by atoms with E-state index in [1.54, 1.807) is 6.92 Å². The smallest absolute Gasteiger partial charge is 0.343 e. The summed E-state index contributed by atoms with van der Waals surface area (Å²) in [5.74, 6) is -0.506. The third-order valence-electron chi connectivity index (χ3n) is 2.96. The van der Waals surface area contributed by atoms with Crippen molar-refractivity contribution in [2.24, 2.45) is 0 Å². The van der Waals surface area contributed by atoms with Crippen molar-refractivity contribution < 1.29 is 14.3 Å². The lowest BCUT2D eigenvalue weighted by Crippen LogP contribution is -2.24. The summed E-state index contributed by atoms with van der Waals surface area (Å²) in [6.07, 6.45) is 1.31. The van der Waals surface area contributed by atoms with Gasteiger partial charge < -0.3 is 15.8 Å². The molecule has 3 N–H and O–H groups in total. The second-order valence-corrected chi connectivity index (χ2v) is 5.67. The highest BCUT2D eigenvalue weighted by Gasteiger charge is 2.14. The molecular formula is C16H18N4O3S. The Balaban J connectivity index is 1.84. The summed E-state index contributed by atoms with van der Waals surface area (Å²) >= 11 is 1.15. The van der Waals surface area contributed by atoms with E-state index in [1.165, 1.54) is 6.20 Å². The second-order valence-electron chi connectivity index (χ2n) is 4.72. The number of rotatable bonds is 7. The van der Waals surface area contributed by atoms with Gasteiger partial charge in [0.1, 0.15) is 11.4 Å². The molecule has 1 aromatic heterocycles. The third kappa shape index (κ3) is 5.24. The van der Waals surface area contributed by atoms with Gasteiger partial charge in [-0.3, -0.25) is 4.79 Å². The fraction of sp³-hybridized carbons (Fsp3) is 0.250. The van der Waals surface area contributed by atoms with Gasteiger partial charge in [0, 0.05) is 12.7 Å². The maximum Gasteiger partial charge on any atom is 0.343 e. The molecule has 1 heterocycles. The lowest BCUT2D eigenvalue weighted by atomic mass is 10.2. The molecule has 0 aliphatic rings.